The van der Waals surface area contributed by atoms with Gasteiger partial charge in [0, 0.05) is 19.4 Å². The molecular weight excluding hydrogens is 318 g/mol. The number of aliphatic hydroxyl groups excluding tert-OH is 1. The predicted molar refractivity (Wildman–Crippen MR) is 94.7 cm³/mol. The Balaban J connectivity index is 1.75. The van der Waals surface area contributed by atoms with E-state index in [2.05, 4.69) is 11.8 Å². The van der Waals surface area contributed by atoms with Crippen molar-refractivity contribution in [2.45, 2.75) is 44.2 Å². The zero-order chi connectivity index (χ0) is 18.1. The van der Waals surface area contributed by atoms with E-state index in [0.29, 0.717) is 32.2 Å². The smallest absolute Gasteiger partial charge is 0.303 e. The molecule has 1 aliphatic heterocycles. The summed E-state index contributed by atoms with van der Waals surface area (Å²) in [5.41, 5.74) is 1.02. The van der Waals surface area contributed by atoms with Crippen molar-refractivity contribution in [1.82, 2.24) is 4.90 Å². The summed E-state index contributed by atoms with van der Waals surface area (Å²) in [5, 5.41) is 18.6. The summed E-state index contributed by atoms with van der Waals surface area (Å²) < 4.78 is 0. The van der Waals surface area contributed by atoms with Gasteiger partial charge >= 0.3 is 5.97 Å². The van der Waals surface area contributed by atoms with Crippen molar-refractivity contribution < 1.29 is 19.8 Å². The maximum Gasteiger partial charge on any atom is 0.303 e. The summed E-state index contributed by atoms with van der Waals surface area (Å²) in [7, 11) is 0. The number of nitrogens with zero attached hydrogens (tertiary/aromatic N) is 1. The first kappa shape index (κ1) is 18.8. The van der Waals surface area contributed by atoms with Crippen LogP contribution in [0.5, 0.6) is 0 Å². The first-order valence-corrected chi connectivity index (χ1v) is 8.45. The van der Waals surface area contributed by atoms with Crippen molar-refractivity contribution in [2.24, 2.45) is 0 Å². The number of benzene rings is 1. The maximum absolute atomic E-state index is 11.7. The number of likely N-dealkylation sites (tertiary alicyclic amines) is 1. The lowest BCUT2D eigenvalue weighted by molar-refractivity contribution is -0.142. The van der Waals surface area contributed by atoms with Crippen LogP contribution in [0.3, 0.4) is 0 Å². The molecule has 1 heterocycles. The lowest BCUT2D eigenvalue weighted by Crippen LogP contribution is -2.51. The van der Waals surface area contributed by atoms with Crippen LogP contribution in [0, 0.1) is 11.8 Å². The molecule has 0 bridgehead atoms. The third-order valence-electron chi connectivity index (χ3n) is 3.98. The van der Waals surface area contributed by atoms with Crippen LogP contribution in [0.2, 0.25) is 0 Å². The molecule has 0 aliphatic carbocycles. The predicted octanol–water partition coefficient (Wildman–Crippen LogP) is 2.01. The molecule has 0 radical (unpaired) electrons. The van der Waals surface area contributed by atoms with Gasteiger partial charge in [0.25, 0.3) is 0 Å². The van der Waals surface area contributed by atoms with Crippen molar-refractivity contribution in [3.63, 3.8) is 0 Å². The van der Waals surface area contributed by atoms with Gasteiger partial charge < -0.3 is 15.1 Å². The van der Waals surface area contributed by atoms with E-state index < -0.39 is 12.1 Å². The summed E-state index contributed by atoms with van der Waals surface area (Å²) >= 11 is 0. The molecule has 2 rings (SSSR count). The fourth-order valence-corrected chi connectivity index (χ4v) is 2.57. The van der Waals surface area contributed by atoms with Gasteiger partial charge in [-0.25, -0.2) is 0 Å². The van der Waals surface area contributed by atoms with Gasteiger partial charge in [-0.05, 0) is 18.4 Å². The Morgan fingerprint density at radius 3 is 2.76 bits per heavy atom. The molecule has 1 aliphatic rings. The molecule has 1 unspecified atom stereocenters. The Morgan fingerprint density at radius 1 is 1.32 bits per heavy atom. The monoisotopic (exact) mass is 341 g/mol. The molecule has 1 amide bonds. The number of carbonyl (C=O) groups is 2. The lowest BCUT2D eigenvalue weighted by atomic mass is 10.0. The normalized spacial score (nSPS) is 17.7. The topological polar surface area (TPSA) is 77.8 Å². The third-order valence-corrected chi connectivity index (χ3v) is 3.98. The summed E-state index contributed by atoms with van der Waals surface area (Å²) in [6, 6.07) is 9.50. The molecule has 5 heteroatoms. The van der Waals surface area contributed by atoms with Crippen LogP contribution in [-0.2, 0) is 16.0 Å². The first-order valence-electron chi connectivity index (χ1n) is 8.45. The summed E-state index contributed by atoms with van der Waals surface area (Å²) in [6.45, 7) is 0.472. The minimum absolute atomic E-state index is 0.0482. The van der Waals surface area contributed by atoms with Gasteiger partial charge in [0.2, 0.25) is 5.91 Å². The quantitative estimate of drug-likeness (QED) is 0.328. The highest BCUT2D eigenvalue weighted by Crippen LogP contribution is 2.18. The third kappa shape index (κ3) is 6.44. The van der Waals surface area contributed by atoms with Gasteiger partial charge in [0.15, 0.2) is 0 Å². The maximum atomic E-state index is 11.7. The molecule has 1 saturated heterocycles. The van der Waals surface area contributed by atoms with E-state index in [4.69, 9.17) is 5.11 Å². The molecule has 2 N–H and O–H groups in total. The minimum atomic E-state index is -0.796. The Hall–Kier alpha value is -2.58. The number of aliphatic hydroxyl groups is 1. The van der Waals surface area contributed by atoms with Crippen LogP contribution in [0.1, 0.15) is 31.2 Å². The average molecular weight is 341 g/mol. The van der Waals surface area contributed by atoms with E-state index in [0.717, 1.165) is 5.56 Å². The molecule has 0 aromatic heterocycles. The Morgan fingerprint density at radius 2 is 2.08 bits per heavy atom. The molecule has 0 saturated carbocycles. The van der Waals surface area contributed by atoms with Crippen molar-refractivity contribution in [3.05, 3.63) is 48.0 Å². The number of amides is 1. The van der Waals surface area contributed by atoms with Gasteiger partial charge in [-0.3, -0.25) is 9.59 Å². The van der Waals surface area contributed by atoms with E-state index in [9.17, 15) is 14.7 Å². The highest BCUT2D eigenvalue weighted by molar-refractivity contribution is 5.84. The summed E-state index contributed by atoms with van der Waals surface area (Å²) in [4.78, 5) is 23.7. The SMILES string of the molecule is O=C(O)CCC/C=C\CN1C(=O)C[C@@H]1C#CC(O)Cc1ccccc1. The summed E-state index contributed by atoms with van der Waals surface area (Å²) in [6.07, 6.45) is 5.30. The molecule has 1 aromatic rings. The largest absolute Gasteiger partial charge is 0.481 e. The Kier molecular flexibility index (Phi) is 7.24. The molecule has 25 heavy (non-hydrogen) atoms. The molecule has 5 nitrogen and oxygen atoms in total. The van der Waals surface area contributed by atoms with E-state index in [1.165, 1.54) is 0 Å². The van der Waals surface area contributed by atoms with E-state index >= 15 is 0 Å². The molecular formula is C20H23NO4. The van der Waals surface area contributed by atoms with Crippen LogP contribution >= 0.6 is 0 Å². The second-order valence-corrected chi connectivity index (χ2v) is 6.02. The number of aliphatic carboxylic acids is 1. The van der Waals surface area contributed by atoms with Crippen molar-refractivity contribution in [3.8, 4) is 11.8 Å². The van der Waals surface area contributed by atoms with Crippen molar-refractivity contribution in [1.29, 1.82) is 0 Å². The molecule has 1 fully saturated rings. The van der Waals surface area contributed by atoms with E-state index in [1.807, 2.05) is 42.5 Å². The standard InChI is InChI=1S/C20H23NO4/c22-18(14-16-8-4-3-5-9-16)12-11-17-15-19(23)21(17)13-7-2-1-6-10-20(24)25/h2-5,7-9,17-18,22H,1,6,10,13-15H2,(H,24,25)/b7-2-/t17-,18?/m0/s1. The Bertz CT molecular complexity index is 672. The summed E-state index contributed by atoms with van der Waals surface area (Å²) in [5.74, 6) is 5.06. The fourth-order valence-electron chi connectivity index (χ4n) is 2.57. The molecule has 0 spiro atoms. The highest BCUT2D eigenvalue weighted by atomic mass is 16.4. The van der Waals surface area contributed by atoms with Gasteiger partial charge in [-0.2, -0.15) is 0 Å². The zero-order valence-electron chi connectivity index (χ0n) is 14.1. The highest BCUT2D eigenvalue weighted by Gasteiger charge is 2.33. The Labute approximate surface area is 148 Å². The van der Waals surface area contributed by atoms with Crippen LogP contribution in [0.15, 0.2) is 42.5 Å². The van der Waals surface area contributed by atoms with Gasteiger partial charge in [0.1, 0.15) is 12.1 Å². The number of rotatable bonds is 8. The molecule has 132 valence electrons. The molecule has 1 aromatic carbocycles. The number of hydrogen-bond acceptors (Lipinski definition) is 3. The van der Waals surface area contributed by atoms with Gasteiger partial charge in [-0.15, -0.1) is 0 Å². The average Bonchev–Trinajstić information content (AvgIpc) is 2.58. The first-order chi connectivity index (χ1) is 12.1. The van der Waals surface area contributed by atoms with E-state index in [-0.39, 0.29) is 18.4 Å². The zero-order valence-corrected chi connectivity index (χ0v) is 14.1. The second-order valence-electron chi connectivity index (χ2n) is 6.02. The van der Waals surface area contributed by atoms with Gasteiger partial charge in [-0.1, -0.05) is 54.3 Å². The number of allylic oxidation sites excluding steroid dienone is 1. The number of β-lactam (4-membered cyclic amide) rings is 1. The lowest BCUT2D eigenvalue weighted by Gasteiger charge is -2.36. The minimum Gasteiger partial charge on any atom is -0.481 e. The number of unbranched alkanes of at least 4 members (excludes halogenated alkanes) is 1. The molecule has 2 atom stereocenters. The van der Waals surface area contributed by atoms with Crippen LogP contribution in [-0.4, -0.2) is 45.7 Å². The van der Waals surface area contributed by atoms with Gasteiger partial charge in [0.05, 0.1) is 6.42 Å². The van der Waals surface area contributed by atoms with Crippen LogP contribution in [0.25, 0.3) is 0 Å². The fraction of sp³-hybridized carbons (Fsp3) is 0.400. The van der Waals surface area contributed by atoms with Crippen LogP contribution in [0.4, 0.5) is 0 Å². The second kappa shape index (κ2) is 9.65. The van der Waals surface area contributed by atoms with Crippen molar-refractivity contribution in [2.75, 3.05) is 6.54 Å². The van der Waals surface area contributed by atoms with E-state index in [1.54, 1.807) is 4.90 Å². The number of carbonyl (C=O) groups excluding carboxylic acids is 1. The number of carboxylic acids is 1. The van der Waals surface area contributed by atoms with Crippen molar-refractivity contribution >= 4 is 11.9 Å². The number of hydrogen-bond donors (Lipinski definition) is 2. The number of carboxylic acid groups (broad SMARTS) is 1. The van der Waals surface area contributed by atoms with Crippen LogP contribution < -0.4 is 0 Å².